The molecule has 0 amide bonds. The Morgan fingerprint density at radius 2 is 1.67 bits per heavy atom. The average Bonchev–Trinajstić information content (AvgIpc) is 2.59. The number of halogens is 8. The third-order valence-corrected chi connectivity index (χ3v) is 4.47. The third kappa shape index (κ3) is 4.08. The van der Waals surface area contributed by atoms with E-state index in [9.17, 15) is 40.8 Å². The molecule has 0 saturated carbocycles. The van der Waals surface area contributed by atoms with Gasteiger partial charge in [0.05, 0.1) is 16.6 Å². The minimum absolute atomic E-state index is 0.214. The van der Waals surface area contributed by atoms with Gasteiger partial charge in [-0.15, -0.1) is 0 Å². The van der Waals surface area contributed by atoms with Crippen molar-refractivity contribution in [3.8, 4) is 11.1 Å². The number of benzene rings is 2. The van der Waals surface area contributed by atoms with E-state index < -0.39 is 57.0 Å². The lowest BCUT2D eigenvalue weighted by Gasteiger charge is -2.33. The normalized spacial score (nSPS) is 12.9. The summed E-state index contributed by atoms with van der Waals surface area (Å²) in [5.41, 5.74) is -9.96. The molecule has 0 heterocycles. The maximum atomic E-state index is 15.0. The first kappa shape index (κ1) is 23.9. The molecule has 0 N–H and O–H groups in total. The van der Waals surface area contributed by atoms with Crippen LogP contribution in [0.2, 0.25) is 5.02 Å². The Balaban J connectivity index is 3.01. The summed E-state index contributed by atoms with van der Waals surface area (Å²) in [4.78, 5) is 10.0. The van der Waals surface area contributed by atoms with E-state index >= 15 is 0 Å². The zero-order valence-corrected chi connectivity index (χ0v) is 16.0. The molecular formula is C18H12ClF7NO3. The minimum Gasteiger partial charge on any atom is -0.380 e. The quantitative estimate of drug-likeness (QED) is 0.293. The Morgan fingerprint density at radius 3 is 2.10 bits per heavy atom. The van der Waals surface area contributed by atoms with Crippen LogP contribution in [-0.4, -0.2) is 24.4 Å². The summed E-state index contributed by atoms with van der Waals surface area (Å²) < 4.78 is 100. The molecule has 0 aromatic heterocycles. The predicted molar refractivity (Wildman–Crippen MR) is 92.7 cm³/mol. The molecular weight excluding hydrogens is 447 g/mol. The number of methoxy groups -OCH3 is 1. The number of rotatable bonds is 5. The van der Waals surface area contributed by atoms with Crippen LogP contribution in [0.25, 0.3) is 11.1 Å². The minimum atomic E-state index is -6.37. The molecule has 30 heavy (non-hydrogen) atoms. The molecule has 0 fully saturated rings. The number of nitro benzene ring substituents is 1. The van der Waals surface area contributed by atoms with E-state index in [1.165, 1.54) is 0 Å². The SMILES string of the molecule is COCc1[c]c(C)cc(C(F)(C(F)(F)F)C(F)(F)F)c1-c1ccc([N+](=O)[O-])cc1Cl. The molecule has 163 valence electrons. The number of non-ortho nitro benzene ring substituents is 1. The molecule has 12 heteroatoms. The van der Waals surface area contributed by atoms with Crippen LogP contribution >= 0.6 is 11.6 Å². The highest BCUT2D eigenvalue weighted by molar-refractivity contribution is 6.33. The van der Waals surface area contributed by atoms with E-state index in [2.05, 4.69) is 6.07 Å². The van der Waals surface area contributed by atoms with E-state index in [4.69, 9.17) is 16.3 Å². The van der Waals surface area contributed by atoms with Gasteiger partial charge in [-0.3, -0.25) is 10.1 Å². The Hall–Kier alpha value is -2.40. The van der Waals surface area contributed by atoms with Gasteiger partial charge in [0.2, 0.25) is 0 Å². The summed E-state index contributed by atoms with van der Waals surface area (Å²) >= 11 is 5.93. The van der Waals surface area contributed by atoms with Crippen molar-refractivity contribution in [2.24, 2.45) is 0 Å². The van der Waals surface area contributed by atoms with Crippen molar-refractivity contribution in [3.05, 3.63) is 62.2 Å². The van der Waals surface area contributed by atoms with Gasteiger partial charge in [-0.1, -0.05) is 17.7 Å². The van der Waals surface area contributed by atoms with E-state index in [1.807, 2.05) is 0 Å². The summed E-state index contributed by atoms with van der Waals surface area (Å²) in [7, 11) is 1.12. The van der Waals surface area contributed by atoms with Crippen LogP contribution in [0, 0.1) is 23.1 Å². The highest BCUT2D eigenvalue weighted by Crippen LogP contribution is 2.56. The molecule has 1 radical (unpaired) electrons. The van der Waals surface area contributed by atoms with Crippen molar-refractivity contribution in [2.45, 2.75) is 31.6 Å². The van der Waals surface area contributed by atoms with Gasteiger partial charge < -0.3 is 4.74 Å². The predicted octanol–water partition coefficient (Wildman–Crippen LogP) is 6.46. The standard InChI is InChI=1S/C18H12ClF7NO3/c1-9-5-10(8-30-2)15(12-4-3-11(27(28)29)7-14(12)19)13(6-9)16(20,17(21,22)23)18(24,25)26/h3-4,6-7H,8H2,1-2H3. The number of hydrogen-bond donors (Lipinski definition) is 0. The molecule has 0 spiro atoms. The van der Waals surface area contributed by atoms with Gasteiger partial charge in [0.15, 0.2) is 0 Å². The van der Waals surface area contributed by atoms with Crippen LogP contribution < -0.4 is 0 Å². The molecule has 0 aliphatic rings. The Morgan fingerprint density at radius 1 is 1.10 bits per heavy atom. The molecule has 0 aliphatic heterocycles. The smallest absolute Gasteiger partial charge is 0.380 e. The fourth-order valence-electron chi connectivity index (χ4n) is 2.91. The van der Waals surface area contributed by atoms with E-state index in [0.29, 0.717) is 6.07 Å². The van der Waals surface area contributed by atoms with Gasteiger partial charge in [0.1, 0.15) is 0 Å². The van der Waals surface area contributed by atoms with Crippen molar-refractivity contribution in [1.82, 2.24) is 0 Å². The van der Waals surface area contributed by atoms with Gasteiger partial charge in [-0.25, -0.2) is 4.39 Å². The lowest BCUT2D eigenvalue weighted by atomic mass is 9.83. The highest BCUT2D eigenvalue weighted by atomic mass is 35.5. The maximum Gasteiger partial charge on any atom is 0.435 e. The number of ether oxygens (including phenoxy) is 1. The summed E-state index contributed by atoms with van der Waals surface area (Å²) in [6, 6.07) is 5.30. The van der Waals surface area contributed by atoms with Crippen LogP contribution in [0.4, 0.5) is 36.4 Å². The molecule has 2 aromatic rings. The largest absolute Gasteiger partial charge is 0.435 e. The molecule has 0 unspecified atom stereocenters. The van der Waals surface area contributed by atoms with Crippen molar-refractivity contribution in [3.63, 3.8) is 0 Å². The molecule has 2 aromatic carbocycles. The molecule has 4 nitrogen and oxygen atoms in total. The molecule has 0 saturated heterocycles. The van der Waals surface area contributed by atoms with Gasteiger partial charge in [-0.2, -0.15) is 26.3 Å². The van der Waals surface area contributed by atoms with Gasteiger partial charge in [-0.05, 0) is 35.7 Å². The second-order valence-corrected chi connectivity index (χ2v) is 6.64. The number of hydrogen-bond acceptors (Lipinski definition) is 3. The van der Waals surface area contributed by atoms with E-state index in [1.54, 1.807) is 0 Å². The van der Waals surface area contributed by atoms with Gasteiger partial charge >= 0.3 is 18.0 Å². The van der Waals surface area contributed by atoms with Crippen molar-refractivity contribution in [1.29, 1.82) is 0 Å². The second-order valence-electron chi connectivity index (χ2n) is 6.23. The Labute approximate surface area is 170 Å². The third-order valence-electron chi connectivity index (χ3n) is 4.15. The lowest BCUT2D eigenvalue weighted by Crippen LogP contribution is -2.50. The van der Waals surface area contributed by atoms with E-state index in [-0.39, 0.29) is 11.1 Å². The van der Waals surface area contributed by atoms with E-state index in [0.717, 1.165) is 32.2 Å². The zero-order chi connectivity index (χ0) is 23.1. The number of aryl methyl sites for hydroxylation is 1. The van der Waals surface area contributed by atoms with Gasteiger partial charge in [0, 0.05) is 30.4 Å². The summed E-state index contributed by atoms with van der Waals surface area (Å²) in [6.07, 6.45) is -12.7. The number of alkyl halides is 7. The molecule has 0 aliphatic carbocycles. The van der Waals surface area contributed by atoms with Crippen LogP contribution in [0.3, 0.4) is 0 Å². The average molecular weight is 459 g/mol. The van der Waals surface area contributed by atoms with Crippen LogP contribution in [0.1, 0.15) is 16.7 Å². The number of nitrogens with zero attached hydrogens (tertiary/aromatic N) is 1. The molecule has 0 atom stereocenters. The van der Waals surface area contributed by atoms with Gasteiger partial charge in [0.25, 0.3) is 5.69 Å². The fraction of sp³-hybridized carbons (Fsp3) is 0.333. The van der Waals surface area contributed by atoms with Crippen LogP contribution in [0.15, 0.2) is 24.3 Å². The summed E-state index contributed by atoms with van der Waals surface area (Å²) in [5.74, 6) is 0. The van der Waals surface area contributed by atoms with Crippen LogP contribution in [0.5, 0.6) is 0 Å². The van der Waals surface area contributed by atoms with Crippen molar-refractivity contribution < 1.29 is 40.4 Å². The number of nitro groups is 1. The first-order valence-corrected chi connectivity index (χ1v) is 8.34. The maximum absolute atomic E-state index is 15.0. The zero-order valence-electron chi connectivity index (χ0n) is 15.2. The summed E-state index contributed by atoms with van der Waals surface area (Å²) in [6.45, 7) is 0.611. The second kappa shape index (κ2) is 8.03. The lowest BCUT2D eigenvalue weighted by molar-refractivity contribution is -0.384. The Bertz CT molecular complexity index is 959. The first-order valence-electron chi connectivity index (χ1n) is 7.97. The summed E-state index contributed by atoms with van der Waals surface area (Å²) in [5, 5.41) is 10.3. The monoisotopic (exact) mass is 458 g/mol. The fourth-order valence-corrected chi connectivity index (χ4v) is 3.18. The van der Waals surface area contributed by atoms with Crippen molar-refractivity contribution >= 4 is 17.3 Å². The topological polar surface area (TPSA) is 52.4 Å². The molecule has 2 rings (SSSR count). The Kier molecular flexibility index (Phi) is 6.39. The van der Waals surface area contributed by atoms with Crippen LogP contribution in [-0.2, 0) is 17.0 Å². The highest BCUT2D eigenvalue weighted by Gasteiger charge is 2.74. The molecule has 0 bridgehead atoms. The van der Waals surface area contributed by atoms with Crippen molar-refractivity contribution in [2.75, 3.05) is 7.11 Å². The first-order chi connectivity index (χ1) is 13.6.